The molecule has 7 heteroatoms. The van der Waals surface area contributed by atoms with E-state index < -0.39 is 5.97 Å². The van der Waals surface area contributed by atoms with Gasteiger partial charge in [0, 0.05) is 0 Å². The number of aromatic carboxylic acids is 1. The lowest BCUT2D eigenvalue weighted by Crippen LogP contribution is -1.96. The number of carbonyl (C=O) groups is 1. The van der Waals surface area contributed by atoms with Crippen molar-refractivity contribution in [2.45, 2.75) is 0 Å². The number of nitrogens with two attached hydrogens (primary N) is 1. The van der Waals surface area contributed by atoms with Crippen molar-refractivity contribution in [1.82, 2.24) is 9.97 Å². The summed E-state index contributed by atoms with van der Waals surface area (Å²) in [4.78, 5) is 19.2. The second kappa shape index (κ2) is 3.35. The maximum atomic E-state index is 10.7. The molecule has 2 heterocycles. The van der Waals surface area contributed by atoms with Crippen LogP contribution in [0.3, 0.4) is 0 Å². The van der Waals surface area contributed by atoms with Crippen LogP contribution >= 0.6 is 11.3 Å². The fourth-order valence-electron chi connectivity index (χ4n) is 1.17. The molecule has 2 aromatic rings. The molecule has 0 saturated carbocycles. The molecule has 0 atom stereocenters. The second-order valence-electron chi connectivity index (χ2n) is 2.73. The van der Waals surface area contributed by atoms with Crippen LogP contribution in [0.1, 0.15) is 9.67 Å². The lowest BCUT2D eigenvalue weighted by molar-refractivity contribution is 0.0702. The Hall–Kier alpha value is -1.89. The van der Waals surface area contributed by atoms with Gasteiger partial charge in [-0.3, -0.25) is 0 Å². The number of methoxy groups -OCH3 is 1. The van der Waals surface area contributed by atoms with Crippen LogP contribution in [0.2, 0.25) is 0 Å². The lowest BCUT2D eigenvalue weighted by Gasteiger charge is -1.99. The molecule has 0 unspecified atom stereocenters. The largest absolute Gasteiger partial charge is 0.480 e. The first-order valence-corrected chi connectivity index (χ1v) is 4.78. The third-order valence-electron chi connectivity index (χ3n) is 1.78. The Kier molecular flexibility index (Phi) is 2.16. The SMILES string of the molecule is COc1nc(N)nc2sc(C(=O)O)cc12. The molecule has 2 aromatic heterocycles. The molecule has 0 aliphatic rings. The fourth-order valence-corrected chi connectivity index (χ4v) is 2.04. The molecule has 78 valence electrons. The summed E-state index contributed by atoms with van der Waals surface area (Å²) in [6.45, 7) is 0. The lowest BCUT2D eigenvalue weighted by atomic mass is 10.3. The Balaban J connectivity index is 2.74. The van der Waals surface area contributed by atoms with E-state index in [-0.39, 0.29) is 10.8 Å². The van der Waals surface area contributed by atoms with E-state index in [1.54, 1.807) is 0 Å². The number of aromatic nitrogens is 2. The first-order valence-electron chi connectivity index (χ1n) is 3.96. The standard InChI is InChI=1S/C8H7N3O3S/c1-14-5-3-2-4(7(12)13)15-6(3)11-8(9)10-5/h2H,1H3,(H,12,13)(H2,9,10,11). The van der Waals surface area contributed by atoms with Crippen molar-refractivity contribution < 1.29 is 14.6 Å². The second-order valence-corrected chi connectivity index (χ2v) is 3.76. The van der Waals surface area contributed by atoms with Crippen molar-refractivity contribution in [1.29, 1.82) is 0 Å². The molecule has 0 spiro atoms. The number of hydrogen-bond acceptors (Lipinski definition) is 6. The Morgan fingerprint density at radius 3 is 2.93 bits per heavy atom. The number of rotatable bonds is 2. The zero-order valence-electron chi connectivity index (χ0n) is 7.72. The number of fused-ring (bicyclic) bond motifs is 1. The summed E-state index contributed by atoms with van der Waals surface area (Å²) >= 11 is 1.04. The summed E-state index contributed by atoms with van der Waals surface area (Å²) < 4.78 is 4.98. The zero-order chi connectivity index (χ0) is 11.0. The van der Waals surface area contributed by atoms with Crippen LogP contribution in [-0.4, -0.2) is 28.2 Å². The summed E-state index contributed by atoms with van der Waals surface area (Å²) in [6, 6.07) is 1.47. The van der Waals surface area contributed by atoms with Crippen LogP contribution in [-0.2, 0) is 0 Å². The third-order valence-corrected chi connectivity index (χ3v) is 2.80. The molecular weight excluding hydrogens is 218 g/mol. The highest BCUT2D eigenvalue weighted by Gasteiger charge is 2.14. The molecule has 15 heavy (non-hydrogen) atoms. The van der Waals surface area contributed by atoms with Crippen LogP contribution in [0.4, 0.5) is 5.95 Å². The average molecular weight is 225 g/mol. The van der Waals surface area contributed by atoms with Gasteiger partial charge in [0.1, 0.15) is 9.71 Å². The van der Waals surface area contributed by atoms with Gasteiger partial charge in [-0.15, -0.1) is 11.3 Å². The quantitative estimate of drug-likeness (QED) is 0.790. The average Bonchev–Trinajstić information content (AvgIpc) is 2.59. The van der Waals surface area contributed by atoms with E-state index >= 15 is 0 Å². The topological polar surface area (TPSA) is 98.3 Å². The van der Waals surface area contributed by atoms with Crippen LogP contribution in [0.5, 0.6) is 5.88 Å². The number of anilines is 1. The van der Waals surface area contributed by atoms with Crippen LogP contribution in [0.25, 0.3) is 10.2 Å². The molecule has 0 aliphatic heterocycles. The Morgan fingerprint density at radius 2 is 2.33 bits per heavy atom. The molecule has 0 fully saturated rings. The zero-order valence-corrected chi connectivity index (χ0v) is 8.54. The summed E-state index contributed by atoms with van der Waals surface area (Å²) in [5, 5.41) is 9.37. The van der Waals surface area contributed by atoms with Gasteiger partial charge >= 0.3 is 5.97 Å². The number of thiophene rings is 1. The number of ether oxygens (including phenoxy) is 1. The molecule has 0 aromatic carbocycles. The Morgan fingerprint density at radius 1 is 1.60 bits per heavy atom. The van der Waals surface area contributed by atoms with Gasteiger partial charge in [0.25, 0.3) is 0 Å². The molecule has 6 nitrogen and oxygen atoms in total. The molecular formula is C8H7N3O3S. The third kappa shape index (κ3) is 1.57. The number of carboxylic acid groups (broad SMARTS) is 1. The van der Waals surface area contributed by atoms with Crippen molar-refractivity contribution in [3.8, 4) is 5.88 Å². The van der Waals surface area contributed by atoms with E-state index in [2.05, 4.69) is 9.97 Å². The van der Waals surface area contributed by atoms with Crippen LogP contribution in [0.15, 0.2) is 6.07 Å². The van der Waals surface area contributed by atoms with Gasteiger partial charge in [-0.2, -0.15) is 4.98 Å². The van der Waals surface area contributed by atoms with Crippen LogP contribution < -0.4 is 10.5 Å². The van der Waals surface area contributed by atoms with Gasteiger partial charge in [-0.1, -0.05) is 0 Å². The summed E-state index contributed by atoms with van der Waals surface area (Å²) in [7, 11) is 1.44. The summed E-state index contributed by atoms with van der Waals surface area (Å²) in [5.41, 5.74) is 5.44. The van der Waals surface area contributed by atoms with E-state index in [4.69, 9.17) is 15.6 Å². The first kappa shape index (κ1) is 9.66. The summed E-state index contributed by atoms with van der Waals surface area (Å²) in [6.07, 6.45) is 0. The van der Waals surface area contributed by atoms with E-state index in [0.29, 0.717) is 16.1 Å². The van der Waals surface area contributed by atoms with Gasteiger partial charge < -0.3 is 15.6 Å². The highest BCUT2D eigenvalue weighted by molar-refractivity contribution is 7.20. The monoisotopic (exact) mass is 225 g/mol. The maximum absolute atomic E-state index is 10.7. The predicted molar refractivity (Wildman–Crippen MR) is 55.3 cm³/mol. The number of nitrogens with zero attached hydrogens (tertiary/aromatic N) is 2. The van der Waals surface area contributed by atoms with E-state index in [9.17, 15) is 4.79 Å². The first-order chi connectivity index (χ1) is 7.11. The fraction of sp³-hybridized carbons (Fsp3) is 0.125. The van der Waals surface area contributed by atoms with E-state index in [1.807, 2.05) is 0 Å². The molecule has 3 N–H and O–H groups in total. The van der Waals surface area contributed by atoms with Gasteiger partial charge in [-0.05, 0) is 6.07 Å². The van der Waals surface area contributed by atoms with Crippen LogP contribution in [0, 0.1) is 0 Å². The Bertz CT molecular complexity index is 537. The molecule has 0 aliphatic carbocycles. The molecule has 2 rings (SSSR count). The van der Waals surface area contributed by atoms with E-state index in [0.717, 1.165) is 11.3 Å². The maximum Gasteiger partial charge on any atom is 0.345 e. The highest BCUT2D eigenvalue weighted by Crippen LogP contribution is 2.30. The summed E-state index contributed by atoms with van der Waals surface area (Å²) in [5.74, 6) is -0.641. The van der Waals surface area contributed by atoms with Gasteiger partial charge in [-0.25, -0.2) is 9.78 Å². The van der Waals surface area contributed by atoms with Gasteiger partial charge in [0.15, 0.2) is 0 Å². The Labute approximate surface area is 88.3 Å². The highest BCUT2D eigenvalue weighted by atomic mass is 32.1. The number of carboxylic acids is 1. The van der Waals surface area contributed by atoms with Crippen molar-refractivity contribution in [2.75, 3.05) is 12.8 Å². The van der Waals surface area contributed by atoms with E-state index in [1.165, 1.54) is 13.2 Å². The van der Waals surface area contributed by atoms with Crippen molar-refractivity contribution in [2.24, 2.45) is 0 Å². The molecule has 0 radical (unpaired) electrons. The predicted octanol–water partition coefficient (Wildman–Crippen LogP) is 0.980. The number of nitrogen functional groups attached to an aromatic ring is 1. The van der Waals surface area contributed by atoms with Crippen molar-refractivity contribution in [3.63, 3.8) is 0 Å². The minimum absolute atomic E-state index is 0.0677. The van der Waals surface area contributed by atoms with Gasteiger partial charge in [0.05, 0.1) is 12.5 Å². The smallest absolute Gasteiger partial charge is 0.345 e. The minimum Gasteiger partial charge on any atom is -0.480 e. The molecule has 0 amide bonds. The minimum atomic E-state index is -1.00. The van der Waals surface area contributed by atoms with Crippen molar-refractivity contribution in [3.05, 3.63) is 10.9 Å². The molecule has 0 bridgehead atoms. The van der Waals surface area contributed by atoms with Gasteiger partial charge in [0.2, 0.25) is 11.8 Å². The van der Waals surface area contributed by atoms with Crippen molar-refractivity contribution >= 4 is 33.5 Å². The molecule has 0 saturated heterocycles. The number of hydrogen-bond donors (Lipinski definition) is 2. The normalized spacial score (nSPS) is 10.5.